The molecule has 0 saturated heterocycles. The van der Waals surface area contributed by atoms with Gasteiger partial charge in [-0.3, -0.25) is 14.2 Å². The van der Waals surface area contributed by atoms with Gasteiger partial charge in [-0.15, -0.1) is 0 Å². The lowest BCUT2D eigenvalue weighted by Crippen LogP contribution is -2.24. The minimum Gasteiger partial charge on any atom is -0.471 e. The highest BCUT2D eigenvalue weighted by atomic mass is 35.5. The van der Waals surface area contributed by atoms with Gasteiger partial charge in [0.25, 0.3) is 12.3 Å². The van der Waals surface area contributed by atoms with E-state index in [0.29, 0.717) is 0 Å². The molecule has 41 heavy (non-hydrogen) atoms. The van der Waals surface area contributed by atoms with Crippen molar-refractivity contribution < 1.29 is 40.7 Å². The second-order valence-electron chi connectivity index (χ2n) is 8.72. The van der Waals surface area contributed by atoms with E-state index in [1.54, 1.807) is 0 Å². The summed E-state index contributed by atoms with van der Waals surface area (Å²) >= 11 is 5.90. The molecule has 15 heteroatoms. The van der Waals surface area contributed by atoms with Gasteiger partial charge in [0.15, 0.2) is 18.0 Å². The van der Waals surface area contributed by atoms with Crippen LogP contribution in [0.25, 0.3) is 11.2 Å². The smallest absolute Gasteiger partial charge is 0.418 e. The Hall–Kier alpha value is -4.33. The number of fused-ring (bicyclic) bond motifs is 1. The van der Waals surface area contributed by atoms with Gasteiger partial charge in [0.2, 0.25) is 11.8 Å². The average molecular weight is 600 g/mol. The number of aryl methyl sites for hydroxylation is 1. The fourth-order valence-corrected chi connectivity index (χ4v) is 4.12. The first-order valence-corrected chi connectivity index (χ1v) is 12.1. The topological polar surface area (TPSA) is 98.1 Å². The molecule has 216 valence electrons. The van der Waals surface area contributed by atoms with Crippen LogP contribution >= 0.6 is 11.6 Å². The summed E-state index contributed by atoms with van der Waals surface area (Å²) in [5.74, 6) is -2.78. The summed E-state index contributed by atoms with van der Waals surface area (Å²) in [6, 6.07) is 7.97. The first-order chi connectivity index (χ1) is 19.3. The number of imidazole rings is 1. The van der Waals surface area contributed by atoms with Crippen LogP contribution in [0.3, 0.4) is 0 Å². The molecule has 8 nitrogen and oxygen atoms in total. The number of halogens is 7. The van der Waals surface area contributed by atoms with Crippen LogP contribution in [0.2, 0.25) is 5.02 Å². The summed E-state index contributed by atoms with van der Waals surface area (Å²) in [7, 11) is 1.41. The van der Waals surface area contributed by atoms with Gasteiger partial charge in [-0.2, -0.15) is 18.2 Å². The second-order valence-corrected chi connectivity index (χ2v) is 9.13. The number of carbonyl (C=O) groups excluding carboxylic acids is 2. The van der Waals surface area contributed by atoms with E-state index in [0.717, 1.165) is 24.3 Å². The first-order valence-electron chi connectivity index (χ1n) is 11.7. The van der Waals surface area contributed by atoms with Crippen LogP contribution in [0, 0.1) is 5.82 Å². The summed E-state index contributed by atoms with van der Waals surface area (Å²) in [5.41, 5.74) is -1.69. The first kappa shape index (κ1) is 29.6. The Balaban J connectivity index is 1.67. The highest BCUT2D eigenvalue weighted by molar-refractivity contribution is 6.33. The van der Waals surface area contributed by atoms with Crippen LogP contribution in [-0.4, -0.2) is 39.3 Å². The molecule has 4 rings (SSSR count). The number of nitrogens with zero attached hydrogens (tertiary/aromatic N) is 3. The Morgan fingerprint density at radius 1 is 1.12 bits per heavy atom. The molecule has 2 aromatic heterocycles. The van der Waals surface area contributed by atoms with Crippen molar-refractivity contribution in [3.05, 3.63) is 75.6 Å². The molecule has 0 aliphatic rings. The zero-order chi connectivity index (χ0) is 30.1. The number of ketones is 1. The van der Waals surface area contributed by atoms with E-state index < -0.39 is 53.5 Å². The van der Waals surface area contributed by atoms with Crippen LogP contribution < -0.4 is 15.4 Å². The summed E-state index contributed by atoms with van der Waals surface area (Å²) in [6.45, 7) is -0.128. The predicted molar refractivity (Wildman–Crippen MR) is 137 cm³/mol. The second kappa shape index (κ2) is 11.6. The minimum atomic E-state index is -4.79. The molecule has 2 aromatic carbocycles. The summed E-state index contributed by atoms with van der Waals surface area (Å²) in [5, 5.41) is 4.87. The number of amides is 1. The monoisotopic (exact) mass is 599 g/mol. The molecule has 1 amide bonds. The van der Waals surface area contributed by atoms with Crippen molar-refractivity contribution in [2.75, 3.05) is 11.9 Å². The van der Waals surface area contributed by atoms with E-state index in [1.807, 2.05) is 0 Å². The molecule has 0 bridgehead atoms. The fraction of sp³-hybridized carbons (Fsp3) is 0.231. The van der Waals surface area contributed by atoms with E-state index >= 15 is 0 Å². The third kappa shape index (κ3) is 6.53. The number of nitrogens with one attached hydrogen (secondary N) is 2. The predicted octanol–water partition coefficient (Wildman–Crippen LogP) is 6.30. The normalized spacial score (nSPS) is 11.7. The summed E-state index contributed by atoms with van der Waals surface area (Å²) in [4.78, 5) is 32.8. The number of Topliss-reactive ketones (excluding diaryl/α,β-unsaturated/α-hetero) is 1. The average Bonchev–Trinajstić information content (AvgIpc) is 3.18. The maximum atomic E-state index is 14.1. The van der Waals surface area contributed by atoms with Crippen molar-refractivity contribution >= 4 is 46.1 Å². The number of pyridine rings is 1. The number of anilines is 2. The number of rotatable bonds is 9. The van der Waals surface area contributed by atoms with E-state index in [9.17, 15) is 35.9 Å². The van der Waals surface area contributed by atoms with Crippen molar-refractivity contribution in [3.63, 3.8) is 0 Å². The lowest BCUT2D eigenvalue weighted by Gasteiger charge is -2.16. The van der Waals surface area contributed by atoms with Gasteiger partial charge in [0.05, 0.1) is 27.4 Å². The fourth-order valence-electron chi connectivity index (χ4n) is 3.87. The van der Waals surface area contributed by atoms with E-state index in [4.69, 9.17) is 16.3 Å². The number of ether oxygens (including phenoxy) is 1. The van der Waals surface area contributed by atoms with Crippen molar-refractivity contribution in [2.45, 2.75) is 26.1 Å². The number of hydrogen-bond acceptors (Lipinski definition) is 6. The number of carbonyl (C=O) groups is 2. The molecule has 0 saturated carbocycles. The van der Waals surface area contributed by atoms with Crippen LogP contribution in [-0.2, 0) is 19.8 Å². The standard InChI is InChI=1S/C26H20ClF6N5O3/c1-12(39)14-9-19-22(37-24(14)41-11-20(29)30)38(2)25(36-19)35-18-8-13(6-7-15(18)26(31,32)33)10-34-23(40)21-16(27)4-3-5-17(21)28/h3-9,20H,10-11H2,1-2H3,(H,34,40)(H,35,36). The molecule has 0 fully saturated rings. The summed E-state index contributed by atoms with van der Waals surface area (Å²) < 4.78 is 87.1. The van der Waals surface area contributed by atoms with Gasteiger partial charge < -0.3 is 15.4 Å². The Morgan fingerprint density at radius 3 is 2.49 bits per heavy atom. The van der Waals surface area contributed by atoms with Gasteiger partial charge in [0.1, 0.15) is 11.3 Å². The Morgan fingerprint density at radius 2 is 1.85 bits per heavy atom. The third-order valence-corrected chi connectivity index (χ3v) is 6.13. The van der Waals surface area contributed by atoms with Gasteiger partial charge in [0, 0.05) is 13.6 Å². The van der Waals surface area contributed by atoms with Gasteiger partial charge in [-0.25, -0.2) is 18.2 Å². The molecule has 0 aliphatic heterocycles. The molecular formula is C26H20ClF6N5O3. The lowest BCUT2D eigenvalue weighted by atomic mass is 10.1. The van der Waals surface area contributed by atoms with E-state index in [2.05, 4.69) is 20.6 Å². The molecular weight excluding hydrogens is 580 g/mol. The number of alkyl halides is 5. The van der Waals surface area contributed by atoms with Crippen molar-refractivity contribution in [2.24, 2.45) is 7.05 Å². The molecule has 0 unspecified atom stereocenters. The van der Waals surface area contributed by atoms with E-state index in [1.165, 1.54) is 36.7 Å². The Labute approximate surface area is 233 Å². The number of aromatic nitrogens is 3. The van der Waals surface area contributed by atoms with Crippen molar-refractivity contribution in [1.82, 2.24) is 19.9 Å². The maximum Gasteiger partial charge on any atom is 0.418 e. The molecule has 0 spiro atoms. The van der Waals surface area contributed by atoms with Crippen molar-refractivity contribution in [3.8, 4) is 5.88 Å². The molecule has 2 N–H and O–H groups in total. The quantitative estimate of drug-likeness (QED) is 0.173. The van der Waals surface area contributed by atoms with Gasteiger partial charge >= 0.3 is 6.18 Å². The van der Waals surface area contributed by atoms with Crippen LogP contribution in [0.15, 0.2) is 42.5 Å². The van der Waals surface area contributed by atoms with Crippen molar-refractivity contribution in [1.29, 1.82) is 0 Å². The van der Waals surface area contributed by atoms with Gasteiger partial charge in [-0.1, -0.05) is 23.7 Å². The number of hydrogen-bond donors (Lipinski definition) is 2. The summed E-state index contributed by atoms with van der Waals surface area (Å²) in [6.07, 6.45) is -7.62. The van der Waals surface area contributed by atoms with Crippen LogP contribution in [0.5, 0.6) is 5.88 Å². The highest BCUT2D eigenvalue weighted by Gasteiger charge is 2.34. The number of benzene rings is 2. The lowest BCUT2D eigenvalue weighted by molar-refractivity contribution is -0.136. The molecule has 0 aliphatic carbocycles. The zero-order valence-corrected chi connectivity index (χ0v) is 22.0. The maximum absolute atomic E-state index is 14.1. The Bertz CT molecular complexity index is 1620. The molecule has 2 heterocycles. The SMILES string of the molecule is CC(=O)c1cc2nc(Nc3cc(CNC(=O)c4c(F)cccc4Cl)ccc3C(F)(F)F)n(C)c2nc1OCC(F)F. The Kier molecular flexibility index (Phi) is 8.42. The zero-order valence-electron chi connectivity index (χ0n) is 21.2. The minimum absolute atomic E-state index is 0.0421. The third-order valence-electron chi connectivity index (χ3n) is 5.81. The highest BCUT2D eigenvalue weighted by Crippen LogP contribution is 2.37. The van der Waals surface area contributed by atoms with Gasteiger partial charge in [-0.05, 0) is 42.8 Å². The largest absolute Gasteiger partial charge is 0.471 e. The van der Waals surface area contributed by atoms with Crippen LogP contribution in [0.4, 0.5) is 38.0 Å². The van der Waals surface area contributed by atoms with Crippen LogP contribution in [0.1, 0.15) is 38.8 Å². The molecule has 4 aromatic rings. The molecule has 0 atom stereocenters. The van der Waals surface area contributed by atoms with E-state index in [-0.39, 0.29) is 45.7 Å². The molecule has 0 radical (unpaired) electrons.